The molecular formula is C30H46N2O2S. The molecule has 0 radical (unpaired) electrons. The summed E-state index contributed by atoms with van der Waals surface area (Å²) in [6, 6.07) is 9.90. The van der Waals surface area contributed by atoms with Crippen LogP contribution in [0.1, 0.15) is 85.6 Å². The van der Waals surface area contributed by atoms with Crippen LogP contribution in [0, 0.1) is 11.8 Å². The number of benzene rings is 1. The van der Waals surface area contributed by atoms with Crippen LogP contribution in [0.2, 0.25) is 0 Å². The standard InChI is InChI=1S/C30H46N2O2S/c1-21-19-26(21)20-22(2)35-28-9-7-24(8-10-28)23(3)25-11-15-31(16-12-25)27-13-17-32(18-14-27)29(33)34-30(4,5)6/h7-10,21-22,26-27H,11-20H2,1-6H3/t21?,22?,26-/m1/s1. The van der Waals surface area contributed by atoms with E-state index in [2.05, 4.69) is 49.9 Å². The zero-order valence-corrected chi connectivity index (χ0v) is 23.6. The second kappa shape index (κ2) is 11.3. The summed E-state index contributed by atoms with van der Waals surface area (Å²) >= 11 is 2.04. The summed E-state index contributed by atoms with van der Waals surface area (Å²) < 4.78 is 5.55. The molecule has 1 saturated carbocycles. The Kier molecular flexibility index (Phi) is 8.58. The second-order valence-corrected chi connectivity index (χ2v) is 13.6. The Morgan fingerprint density at radius 1 is 1.09 bits per heavy atom. The van der Waals surface area contributed by atoms with Crippen LogP contribution in [-0.4, -0.2) is 59.0 Å². The number of hydrogen-bond acceptors (Lipinski definition) is 4. The summed E-state index contributed by atoms with van der Waals surface area (Å²) in [6.45, 7) is 16.8. The maximum atomic E-state index is 12.4. The van der Waals surface area contributed by atoms with Gasteiger partial charge in [-0.1, -0.05) is 31.6 Å². The van der Waals surface area contributed by atoms with Crippen LogP contribution in [-0.2, 0) is 4.74 Å². The number of allylic oxidation sites excluding steroid dienone is 1. The van der Waals surface area contributed by atoms with E-state index >= 15 is 0 Å². The molecule has 3 atom stereocenters. The minimum atomic E-state index is -0.423. The molecule has 0 N–H and O–H groups in total. The average Bonchev–Trinajstić information content (AvgIpc) is 3.52. The van der Waals surface area contributed by atoms with Gasteiger partial charge in [0, 0.05) is 42.4 Å². The lowest BCUT2D eigenvalue weighted by atomic mass is 9.92. The highest BCUT2D eigenvalue weighted by atomic mass is 32.2. The van der Waals surface area contributed by atoms with E-state index in [1.165, 1.54) is 28.9 Å². The van der Waals surface area contributed by atoms with Gasteiger partial charge in [0.1, 0.15) is 5.60 Å². The first-order valence-electron chi connectivity index (χ1n) is 13.8. The lowest BCUT2D eigenvalue weighted by molar-refractivity contribution is 0.0138. The van der Waals surface area contributed by atoms with Crippen LogP contribution in [0.15, 0.2) is 34.7 Å². The van der Waals surface area contributed by atoms with Crippen molar-refractivity contribution in [2.24, 2.45) is 11.8 Å². The highest BCUT2D eigenvalue weighted by Gasteiger charge is 2.33. The molecule has 2 unspecified atom stereocenters. The maximum Gasteiger partial charge on any atom is 0.410 e. The van der Waals surface area contributed by atoms with E-state index in [-0.39, 0.29) is 6.09 Å². The number of amides is 1. The fourth-order valence-electron chi connectivity index (χ4n) is 5.70. The molecule has 0 spiro atoms. The minimum Gasteiger partial charge on any atom is -0.444 e. The van der Waals surface area contributed by atoms with Crippen molar-refractivity contribution in [3.63, 3.8) is 0 Å². The highest BCUT2D eigenvalue weighted by molar-refractivity contribution is 7.99. The van der Waals surface area contributed by atoms with Crippen LogP contribution < -0.4 is 0 Å². The number of carbonyl (C=O) groups is 1. The highest BCUT2D eigenvalue weighted by Crippen LogP contribution is 2.44. The third kappa shape index (κ3) is 7.52. The molecule has 35 heavy (non-hydrogen) atoms. The minimum absolute atomic E-state index is 0.160. The van der Waals surface area contributed by atoms with Crippen LogP contribution >= 0.6 is 11.8 Å². The first-order chi connectivity index (χ1) is 16.6. The summed E-state index contributed by atoms with van der Waals surface area (Å²) in [7, 11) is 0. The first kappa shape index (κ1) is 26.6. The molecule has 1 aromatic rings. The van der Waals surface area contributed by atoms with Gasteiger partial charge in [-0.3, -0.25) is 4.90 Å². The number of carbonyl (C=O) groups excluding carboxylic acids is 1. The van der Waals surface area contributed by atoms with Crippen LogP contribution in [0.25, 0.3) is 5.57 Å². The number of thioether (sulfide) groups is 1. The van der Waals surface area contributed by atoms with Gasteiger partial charge >= 0.3 is 6.09 Å². The summed E-state index contributed by atoms with van der Waals surface area (Å²) in [6.07, 6.45) is 7.04. The van der Waals surface area contributed by atoms with Gasteiger partial charge in [0.25, 0.3) is 0 Å². The third-order valence-electron chi connectivity index (χ3n) is 8.10. The van der Waals surface area contributed by atoms with Gasteiger partial charge in [0.2, 0.25) is 0 Å². The van der Waals surface area contributed by atoms with Crippen LogP contribution in [0.3, 0.4) is 0 Å². The van der Waals surface area contributed by atoms with E-state index < -0.39 is 5.60 Å². The van der Waals surface area contributed by atoms with Crippen molar-refractivity contribution in [1.29, 1.82) is 0 Å². The van der Waals surface area contributed by atoms with E-state index in [1.807, 2.05) is 37.4 Å². The van der Waals surface area contributed by atoms with Gasteiger partial charge < -0.3 is 9.64 Å². The van der Waals surface area contributed by atoms with Gasteiger partial charge in [0.15, 0.2) is 0 Å². The molecule has 3 fully saturated rings. The van der Waals surface area contributed by atoms with E-state index in [1.54, 1.807) is 5.57 Å². The molecule has 1 amide bonds. The van der Waals surface area contributed by atoms with Gasteiger partial charge in [0.05, 0.1) is 0 Å². The fraction of sp³-hybridized carbons (Fsp3) is 0.700. The Balaban J connectivity index is 1.24. The maximum absolute atomic E-state index is 12.4. The molecule has 0 bridgehead atoms. The normalized spacial score (nSPS) is 24.9. The zero-order chi connectivity index (χ0) is 25.2. The number of ether oxygens (including phenoxy) is 1. The van der Waals surface area contributed by atoms with Crippen molar-refractivity contribution in [2.75, 3.05) is 26.2 Å². The molecule has 2 saturated heterocycles. The topological polar surface area (TPSA) is 32.8 Å². The van der Waals surface area contributed by atoms with Crippen molar-refractivity contribution < 1.29 is 9.53 Å². The monoisotopic (exact) mass is 498 g/mol. The molecule has 4 rings (SSSR count). The van der Waals surface area contributed by atoms with Gasteiger partial charge in [-0.25, -0.2) is 4.79 Å². The van der Waals surface area contributed by atoms with Crippen LogP contribution in [0.5, 0.6) is 0 Å². The third-order valence-corrected chi connectivity index (χ3v) is 9.24. The van der Waals surface area contributed by atoms with Crippen molar-refractivity contribution in [1.82, 2.24) is 9.80 Å². The van der Waals surface area contributed by atoms with Crippen LogP contribution in [0.4, 0.5) is 4.79 Å². The molecule has 194 valence electrons. The van der Waals surface area contributed by atoms with Crippen molar-refractivity contribution in [3.05, 3.63) is 35.4 Å². The SMILES string of the molecule is CC(=C1CCN(C2CCN(C(=O)OC(C)(C)C)CC2)CC1)c1ccc(SC(C)C[C@H]2CC2C)cc1. The van der Waals surface area contributed by atoms with E-state index in [0.717, 1.165) is 63.7 Å². The largest absolute Gasteiger partial charge is 0.444 e. The van der Waals surface area contributed by atoms with Crippen molar-refractivity contribution in [2.45, 2.75) is 102 Å². The number of hydrogen-bond donors (Lipinski definition) is 0. The predicted molar refractivity (Wildman–Crippen MR) is 148 cm³/mol. The van der Waals surface area contributed by atoms with Crippen molar-refractivity contribution >= 4 is 23.4 Å². The number of nitrogens with zero attached hydrogens (tertiary/aromatic N) is 2. The Morgan fingerprint density at radius 2 is 1.69 bits per heavy atom. The summed E-state index contributed by atoms with van der Waals surface area (Å²) in [5.41, 5.74) is 4.05. The lowest BCUT2D eigenvalue weighted by Crippen LogP contribution is -2.49. The number of rotatable bonds is 6. The smallest absolute Gasteiger partial charge is 0.410 e. The van der Waals surface area contributed by atoms with Gasteiger partial charge in [-0.05, 0) is 101 Å². The number of piperidine rings is 2. The summed E-state index contributed by atoms with van der Waals surface area (Å²) in [4.78, 5) is 18.3. The quantitative estimate of drug-likeness (QED) is 0.381. The Labute approximate surface area is 217 Å². The summed E-state index contributed by atoms with van der Waals surface area (Å²) in [5.74, 6) is 1.92. The van der Waals surface area contributed by atoms with E-state index in [4.69, 9.17) is 4.74 Å². The zero-order valence-electron chi connectivity index (χ0n) is 22.8. The number of likely N-dealkylation sites (tertiary alicyclic amines) is 2. The van der Waals surface area contributed by atoms with Crippen molar-refractivity contribution in [3.8, 4) is 0 Å². The molecule has 5 heteroatoms. The molecule has 3 aliphatic rings. The molecular weight excluding hydrogens is 452 g/mol. The lowest BCUT2D eigenvalue weighted by Gasteiger charge is -2.41. The van der Waals surface area contributed by atoms with Gasteiger partial charge in [-0.2, -0.15) is 0 Å². The molecule has 2 heterocycles. The van der Waals surface area contributed by atoms with Gasteiger partial charge in [-0.15, -0.1) is 11.8 Å². The second-order valence-electron chi connectivity index (χ2n) is 12.1. The van der Waals surface area contributed by atoms with E-state index in [9.17, 15) is 4.79 Å². The Morgan fingerprint density at radius 3 is 2.23 bits per heavy atom. The Hall–Kier alpha value is -1.46. The molecule has 1 aliphatic carbocycles. The first-order valence-corrected chi connectivity index (χ1v) is 14.6. The fourth-order valence-corrected chi connectivity index (χ4v) is 6.80. The average molecular weight is 499 g/mol. The molecule has 2 aliphatic heterocycles. The predicted octanol–water partition coefficient (Wildman–Crippen LogP) is 7.48. The molecule has 0 aromatic heterocycles. The molecule has 4 nitrogen and oxygen atoms in total. The molecule has 1 aromatic carbocycles. The summed E-state index contributed by atoms with van der Waals surface area (Å²) in [5, 5.41) is 0.704. The van der Waals surface area contributed by atoms with E-state index in [0.29, 0.717) is 11.3 Å². The Bertz CT molecular complexity index is 886.